The van der Waals surface area contributed by atoms with E-state index >= 15 is 0 Å². The molecule has 0 aliphatic heterocycles. The van der Waals surface area contributed by atoms with Gasteiger partial charge in [-0.15, -0.1) is 0 Å². The van der Waals surface area contributed by atoms with E-state index in [0.29, 0.717) is 23.6 Å². The van der Waals surface area contributed by atoms with Crippen LogP contribution in [-0.4, -0.2) is 23.5 Å². The quantitative estimate of drug-likeness (QED) is 0.353. The molecule has 6 heteroatoms. The first kappa shape index (κ1) is 15.4. The third kappa shape index (κ3) is 3.99. The Kier molecular flexibility index (Phi) is 4.98. The number of benzene rings is 2. The minimum Gasteiger partial charge on any atom is -0.494 e. The van der Waals surface area contributed by atoms with Crippen molar-refractivity contribution in [2.24, 2.45) is 4.99 Å². The van der Waals surface area contributed by atoms with Gasteiger partial charge in [0, 0.05) is 17.7 Å². The van der Waals surface area contributed by atoms with Crippen LogP contribution in [0.25, 0.3) is 0 Å². The molecular formula is C16H14N2O4. The molecule has 0 radical (unpaired) electrons. The van der Waals surface area contributed by atoms with Crippen molar-refractivity contribution in [1.29, 1.82) is 0 Å². The average Bonchev–Trinajstić information content (AvgIpc) is 2.54. The third-order valence-corrected chi connectivity index (χ3v) is 2.84. The molecule has 0 spiro atoms. The number of nitro benzene ring substituents is 1. The molecule has 0 bridgehead atoms. The summed E-state index contributed by atoms with van der Waals surface area (Å²) in [5.41, 5.74) is 0.954. The fraction of sp³-hybridized carbons (Fsp3) is 0.125. The van der Waals surface area contributed by atoms with Gasteiger partial charge in [-0.1, -0.05) is 0 Å². The maximum atomic E-state index is 12.0. The molecule has 22 heavy (non-hydrogen) atoms. The lowest BCUT2D eigenvalue weighted by Gasteiger charge is -2.02. The third-order valence-electron chi connectivity index (χ3n) is 2.84. The molecule has 0 saturated heterocycles. The average molecular weight is 298 g/mol. The highest BCUT2D eigenvalue weighted by molar-refractivity contribution is 6.35. The topological polar surface area (TPSA) is 81.8 Å². The number of rotatable bonds is 6. The smallest absolute Gasteiger partial charge is 0.269 e. The van der Waals surface area contributed by atoms with Crippen molar-refractivity contribution in [3.05, 3.63) is 64.2 Å². The summed E-state index contributed by atoms with van der Waals surface area (Å²) in [5.74, 6) is 0.452. The largest absolute Gasteiger partial charge is 0.494 e. The van der Waals surface area contributed by atoms with E-state index in [1.807, 2.05) is 6.92 Å². The molecule has 0 N–H and O–H groups in total. The summed E-state index contributed by atoms with van der Waals surface area (Å²) in [6, 6.07) is 12.4. The Morgan fingerprint density at radius 2 is 1.82 bits per heavy atom. The molecule has 0 aliphatic carbocycles. The normalized spacial score (nSPS) is 10.6. The van der Waals surface area contributed by atoms with E-state index in [2.05, 4.69) is 4.99 Å². The highest BCUT2D eigenvalue weighted by Gasteiger charge is 2.05. The maximum Gasteiger partial charge on any atom is 0.269 e. The summed E-state index contributed by atoms with van der Waals surface area (Å²) < 4.78 is 5.30. The van der Waals surface area contributed by atoms with Gasteiger partial charge >= 0.3 is 0 Å². The van der Waals surface area contributed by atoms with Gasteiger partial charge < -0.3 is 4.74 Å². The Balaban J connectivity index is 2.05. The highest BCUT2D eigenvalue weighted by Crippen LogP contribution is 2.18. The number of carbonyl (C=O) groups excluding carboxylic acids is 1. The van der Waals surface area contributed by atoms with Crippen molar-refractivity contribution in [2.75, 3.05) is 6.61 Å². The van der Waals surface area contributed by atoms with Gasteiger partial charge in [0.15, 0.2) is 0 Å². The molecule has 0 unspecified atom stereocenters. The van der Waals surface area contributed by atoms with Crippen LogP contribution in [0.15, 0.2) is 53.5 Å². The molecular weight excluding hydrogens is 284 g/mol. The maximum absolute atomic E-state index is 12.0. The monoisotopic (exact) mass is 298 g/mol. The van der Waals surface area contributed by atoms with Crippen molar-refractivity contribution in [2.45, 2.75) is 6.92 Å². The van der Waals surface area contributed by atoms with E-state index < -0.39 is 4.92 Å². The van der Waals surface area contributed by atoms with Gasteiger partial charge in [-0.3, -0.25) is 19.9 Å². The molecule has 0 heterocycles. The van der Waals surface area contributed by atoms with Crippen LogP contribution in [0.3, 0.4) is 0 Å². The number of non-ortho nitro benzene ring substituents is 1. The summed E-state index contributed by atoms with van der Waals surface area (Å²) in [4.78, 5) is 26.0. The first-order valence-electron chi connectivity index (χ1n) is 6.66. The predicted molar refractivity (Wildman–Crippen MR) is 83.2 cm³/mol. The summed E-state index contributed by atoms with van der Waals surface area (Å²) in [6.07, 6.45) is 1.19. The SMILES string of the molecule is CCOc1ccc(C(=O)C=Nc2ccc([N+](=O)[O-])cc2)cc1. The second kappa shape index (κ2) is 7.12. The molecule has 0 fully saturated rings. The second-order valence-electron chi connectivity index (χ2n) is 4.35. The number of Topliss-reactive ketones (excluding diaryl/α,β-unsaturated/α-hetero) is 1. The minimum atomic E-state index is -0.488. The van der Waals surface area contributed by atoms with Crippen molar-refractivity contribution < 1.29 is 14.5 Å². The van der Waals surface area contributed by atoms with Gasteiger partial charge in [-0.05, 0) is 43.3 Å². The van der Waals surface area contributed by atoms with Gasteiger partial charge in [0.2, 0.25) is 5.78 Å². The predicted octanol–water partition coefficient (Wildman–Crippen LogP) is 3.58. The van der Waals surface area contributed by atoms with Crippen LogP contribution in [0, 0.1) is 10.1 Å². The number of carbonyl (C=O) groups is 1. The molecule has 0 saturated carbocycles. The van der Waals surface area contributed by atoms with Crippen LogP contribution in [0.5, 0.6) is 5.75 Å². The summed E-state index contributed by atoms with van der Waals surface area (Å²) in [7, 11) is 0. The lowest BCUT2D eigenvalue weighted by molar-refractivity contribution is -0.384. The Labute approximate surface area is 127 Å². The molecule has 0 aliphatic rings. The first-order valence-corrected chi connectivity index (χ1v) is 6.66. The van der Waals surface area contributed by atoms with Crippen LogP contribution >= 0.6 is 0 Å². The van der Waals surface area contributed by atoms with E-state index in [1.54, 1.807) is 24.3 Å². The van der Waals surface area contributed by atoms with Gasteiger partial charge in [-0.2, -0.15) is 0 Å². The van der Waals surface area contributed by atoms with Gasteiger partial charge in [-0.25, -0.2) is 0 Å². The Hall–Kier alpha value is -3.02. The standard InChI is InChI=1S/C16H14N2O4/c1-2-22-15-9-3-12(4-10-15)16(19)11-17-13-5-7-14(8-6-13)18(20)21/h3-11H,2H2,1H3. The summed E-state index contributed by atoms with van der Waals surface area (Å²) in [6.45, 7) is 2.45. The number of nitro groups is 1. The Bertz CT molecular complexity index is 691. The zero-order valence-electron chi connectivity index (χ0n) is 11.9. The van der Waals surface area contributed by atoms with E-state index in [9.17, 15) is 14.9 Å². The van der Waals surface area contributed by atoms with E-state index in [0.717, 1.165) is 0 Å². The number of hydrogen-bond acceptors (Lipinski definition) is 5. The molecule has 0 amide bonds. The number of nitrogens with zero attached hydrogens (tertiary/aromatic N) is 2. The minimum absolute atomic E-state index is 0.0169. The van der Waals surface area contributed by atoms with E-state index in [1.165, 1.54) is 30.5 Å². The summed E-state index contributed by atoms with van der Waals surface area (Å²) >= 11 is 0. The van der Waals surface area contributed by atoms with E-state index in [-0.39, 0.29) is 11.5 Å². The molecule has 112 valence electrons. The van der Waals surface area contributed by atoms with Crippen LogP contribution in [0.2, 0.25) is 0 Å². The van der Waals surface area contributed by atoms with Crippen LogP contribution in [-0.2, 0) is 0 Å². The van der Waals surface area contributed by atoms with Crippen molar-refractivity contribution in [1.82, 2.24) is 0 Å². The van der Waals surface area contributed by atoms with Crippen LogP contribution in [0.4, 0.5) is 11.4 Å². The number of ketones is 1. The van der Waals surface area contributed by atoms with Gasteiger partial charge in [0.05, 0.1) is 23.4 Å². The lowest BCUT2D eigenvalue weighted by Crippen LogP contribution is -2.00. The lowest BCUT2D eigenvalue weighted by atomic mass is 10.1. The molecule has 0 atom stereocenters. The van der Waals surface area contributed by atoms with E-state index in [4.69, 9.17) is 4.74 Å². The van der Waals surface area contributed by atoms with Gasteiger partial charge in [0.25, 0.3) is 5.69 Å². The molecule has 6 nitrogen and oxygen atoms in total. The van der Waals surface area contributed by atoms with Crippen molar-refractivity contribution in [3.63, 3.8) is 0 Å². The second-order valence-corrected chi connectivity index (χ2v) is 4.35. The van der Waals surface area contributed by atoms with Crippen molar-refractivity contribution in [3.8, 4) is 5.75 Å². The number of hydrogen-bond donors (Lipinski definition) is 0. The molecule has 2 rings (SSSR count). The van der Waals surface area contributed by atoms with Crippen LogP contribution < -0.4 is 4.74 Å². The number of ether oxygens (including phenoxy) is 1. The molecule has 2 aromatic carbocycles. The van der Waals surface area contributed by atoms with Crippen LogP contribution in [0.1, 0.15) is 17.3 Å². The zero-order chi connectivity index (χ0) is 15.9. The van der Waals surface area contributed by atoms with Crippen molar-refractivity contribution >= 4 is 23.4 Å². The zero-order valence-corrected chi connectivity index (χ0v) is 11.9. The highest BCUT2D eigenvalue weighted by atomic mass is 16.6. The fourth-order valence-electron chi connectivity index (χ4n) is 1.75. The Morgan fingerprint density at radius 3 is 2.36 bits per heavy atom. The molecule has 0 aromatic heterocycles. The fourth-order valence-corrected chi connectivity index (χ4v) is 1.75. The molecule has 2 aromatic rings. The first-order chi connectivity index (χ1) is 10.6. The number of aliphatic imine (C=N–C) groups is 1. The van der Waals surface area contributed by atoms with Gasteiger partial charge in [0.1, 0.15) is 5.75 Å². The summed E-state index contributed by atoms with van der Waals surface area (Å²) in [5, 5.41) is 10.5. The Morgan fingerprint density at radius 1 is 1.18 bits per heavy atom.